The van der Waals surface area contributed by atoms with Crippen LogP contribution in [-0.2, 0) is 6.54 Å². The average Bonchev–Trinajstić information content (AvgIpc) is 2.77. The molecule has 1 saturated heterocycles. The van der Waals surface area contributed by atoms with E-state index in [1.54, 1.807) is 0 Å². The average molecular weight is 444 g/mol. The highest BCUT2D eigenvalue weighted by Gasteiger charge is 2.31. The maximum absolute atomic E-state index is 9.56. The fourth-order valence-corrected chi connectivity index (χ4v) is 4.65. The van der Waals surface area contributed by atoms with Crippen molar-refractivity contribution in [2.45, 2.75) is 46.2 Å². The van der Waals surface area contributed by atoms with Crippen LogP contribution in [0.5, 0.6) is 0 Å². The van der Waals surface area contributed by atoms with E-state index in [0.717, 1.165) is 36.7 Å². The molecule has 3 heterocycles. The number of aryl methyl sites for hydroxylation is 2. The van der Waals surface area contributed by atoms with E-state index in [1.807, 2.05) is 13.1 Å². The lowest BCUT2D eigenvalue weighted by Gasteiger charge is -2.31. The van der Waals surface area contributed by atoms with Gasteiger partial charge in [-0.15, -0.1) is 0 Å². The van der Waals surface area contributed by atoms with E-state index in [4.69, 9.17) is 21.7 Å². The number of nitrogens with two attached hydrogens (primary N) is 2. The van der Waals surface area contributed by atoms with Crippen LogP contribution in [0.15, 0.2) is 17.1 Å². The van der Waals surface area contributed by atoms with Gasteiger partial charge in [-0.1, -0.05) is 19.1 Å². The Morgan fingerprint density at radius 3 is 2.58 bits per heavy atom. The van der Waals surface area contributed by atoms with Crippen LogP contribution in [0.25, 0.3) is 0 Å². The smallest absolute Gasteiger partial charge is 0.211 e. The first-order valence-corrected chi connectivity index (χ1v) is 11.1. The van der Waals surface area contributed by atoms with Crippen molar-refractivity contribution in [3.05, 3.63) is 45.5 Å². The molecule has 9 nitrogen and oxygen atoms in total. The summed E-state index contributed by atoms with van der Waals surface area (Å²) in [5.41, 5.74) is 17.8. The number of aromatic nitrogens is 1. The van der Waals surface area contributed by atoms with Crippen LogP contribution >= 0.6 is 0 Å². The van der Waals surface area contributed by atoms with Crippen molar-refractivity contribution < 1.29 is 0 Å². The lowest BCUT2D eigenvalue weighted by molar-refractivity contribution is 0.185. The molecule has 1 unspecified atom stereocenters. The van der Waals surface area contributed by atoms with Crippen molar-refractivity contribution >= 4 is 23.3 Å². The third-order valence-corrected chi connectivity index (χ3v) is 6.65. The first-order valence-electron chi connectivity index (χ1n) is 11.1. The van der Waals surface area contributed by atoms with Crippen molar-refractivity contribution in [3.8, 4) is 12.3 Å². The van der Waals surface area contributed by atoms with Gasteiger partial charge in [-0.05, 0) is 68.0 Å². The van der Waals surface area contributed by atoms with Gasteiger partial charge in [0.15, 0.2) is 6.19 Å². The molecule has 6 N–H and O–H groups in total. The van der Waals surface area contributed by atoms with E-state index in [9.17, 15) is 5.26 Å². The summed E-state index contributed by atoms with van der Waals surface area (Å²) in [4.78, 5) is 11.6. The SMILES string of the molecule is Cc1cc(C)c(C2N=C(NC#N)Nc3nc(N)c(C#N)c(N)c32)cc1CN1CCC(C)CC1. The maximum atomic E-state index is 9.56. The van der Waals surface area contributed by atoms with Crippen LogP contribution in [-0.4, -0.2) is 28.9 Å². The third kappa shape index (κ3) is 4.28. The van der Waals surface area contributed by atoms with Crippen LogP contribution in [0.3, 0.4) is 0 Å². The Kier molecular flexibility index (Phi) is 6.08. The van der Waals surface area contributed by atoms with E-state index in [-0.39, 0.29) is 23.0 Å². The minimum Gasteiger partial charge on any atom is -0.397 e. The Bertz CT molecular complexity index is 1190. The van der Waals surface area contributed by atoms with Gasteiger partial charge in [0.1, 0.15) is 29.3 Å². The van der Waals surface area contributed by atoms with E-state index in [2.05, 4.69) is 52.6 Å². The number of aliphatic imine (C=N–C) groups is 1. The molecule has 1 aromatic carbocycles. The number of fused-ring (bicyclic) bond motifs is 1. The van der Waals surface area contributed by atoms with Gasteiger partial charge >= 0.3 is 0 Å². The number of piperidine rings is 1. The second-order valence-electron chi connectivity index (χ2n) is 9.00. The third-order valence-electron chi connectivity index (χ3n) is 6.65. The highest BCUT2D eigenvalue weighted by Crippen LogP contribution is 2.42. The molecule has 0 spiro atoms. The largest absolute Gasteiger partial charge is 0.397 e. The molecule has 0 amide bonds. The van der Waals surface area contributed by atoms with Gasteiger partial charge in [-0.2, -0.15) is 10.5 Å². The Morgan fingerprint density at radius 1 is 1.18 bits per heavy atom. The first kappa shape index (κ1) is 22.4. The molecule has 2 aliphatic rings. The molecule has 0 radical (unpaired) electrons. The number of hydrogen-bond donors (Lipinski definition) is 4. The monoisotopic (exact) mass is 443 g/mol. The molecule has 2 aromatic rings. The second-order valence-corrected chi connectivity index (χ2v) is 9.00. The number of nitrogens with one attached hydrogen (secondary N) is 2. The van der Waals surface area contributed by atoms with Crippen molar-refractivity contribution in [1.29, 1.82) is 10.5 Å². The Hall–Kier alpha value is -3.82. The number of benzene rings is 1. The summed E-state index contributed by atoms with van der Waals surface area (Å²) in [6.07, 6.45) is 4.32. The molecule has 1 atom stereocenters. The fraction of sp³-hybridized carbons (Fsp3) is 0.417. The van der Waals surface area contributed by atoms with Gasteiger partial charge in [-0.3, -0.25) is 10.2 Å². The van der Waals surface area contributed by atoms with Crippen molar-refractivity contribution in [2.75, 3.05) is 29.9 Å². The van der Waals surface area contributed by atoms with Crippen molar-refractivity contribution in [3.63, 3.8) is 0 Å². The number of nitrogen functional groups attached to an aromatic ring is 2. The summed E-state index contributed by atoms with van der Waals surface area (Å²) in [7, 11) is 0. The molecule has 4 rings (SSSR count). The maximum Gasteiger partial charge on any atom is 0.211 e. The molecule has 9 heteroatoms. The summed E-state index contributed by atoms with van der Waals surface area (Å²) < 4.78 is 0. The molecule has 33 heavy (non-hydrogen) atoms. The first-order chi connectivity index (χ1) is 15.8. The van der Waals surface area contributed by atoms with E-state index < -0.39 is 6.04 Å². The summed E-state index contributed by atoms with van der Waals surface area (Å²) in [5, 5.41) is 24.2. The molecule has 0 saturated carbocycles. The number of rotatable bonds is 3. The second kappa shape index (κ2) is 8.97. The van der Waals surface area contributed by atoms with E-state index >= 15 is 0 Å². The van der Waals surface area contributed by atoms with Crippen LogP contribution in [0.4, 0.5) is 17.3 Å². The zero-order chi connectivity index (χ0) is 23.7. The molecule has 2 aliphatic heterocycles. The summed E-state index contributed by atoms with van der Waals surface area (Å²) in [5.74, 6) is 1.48. The predicted octanol–water partition coefficient (Wildman–Crippen LogP) is 2.91. The number of likely N-dealkylation sites (tertiary alicyclic amines) is 1. The fourth-order valence-electron chi connectivity index (χ4n) is 4.65. The minimum atomic E-state index is -0.530. The number of nitrogens with zero attached hydrogens (tertiary/aromatic N) is 5. The highest BCUT2D eigenvalue weighted by molar-refractivity contribution is 5.98. The van der Waals surface area contributed by atoms with Crippen LogP contribution in [0.1, 0.15) is 59.2 Å². The normalized spacial score (nSPS) is 18.5. The van der Waals surface area contributed by atoms with Gasteiger partial charge in [0.2, 0.25) is 5.96 Å². The van der Waals surface area contributed by atoms with Crippen LogP contribution in [0, 0.1) is 42.6 Å². The molecular weight excluding hydrogens is 414 g/mol. The van der Waals surface area contributed by atoms with Crippen molar-refractivity contribution in [1.82, 2.24) is 15.2 Å². The van der Waals surface area contributed by atoms with Crippen LogP contribution < -0.4 is 22.1 Å². The van der Waals surface area contributed by atoms with Gasteiger partial charge in [0.05, 0.1) is 5.69 Å². The van der Waals surface area contributed by atoms with Gasteiger partial charge < -0.3 is 16.8 Å². The zero-order valence-corrected chi connectivity index (χ0v) is 19.2. The molecule has 0 aliphatic carbocycles. The van der Waals surface area contributed by atoms with E-state index in [0.29, 0.717) is 11.4 Å². The Balaban J connectivity index is 1.81. The molecule has 0 bridgehead atoms. The van der Waals surface area contributed by atoms with Crippen LogP contribution in [0.2, 0.25) is 0 Å². The van der Waals surface area contributed by atoms with Gasteiger partial charge in [0, 0.05) is 12.1 Å². The lowest BCUT2D eigenvalue weighted by atomic mass is 9.89. The lowest BCUT2D eigenvalue weighted by Crippen LogP contribution is -2.33. The number of anilines is 3. The quantitative estimate of drug-likeness (QED) is 0.417. The number of nitriles is 2. The molecule has 1 aromatic heterocycles. The molecule has 1 fully saturated rings. The van der Waals surface area contributed by atoms with Gasteiger partial charge in [0.25, 0.3) is 0 Å². The Labute approximate surface area is 194 Å². The summed E-state index contributed by atoms with van der Waals surface area (Å²) >= 11 is 0. The summed E-state index contributed by atoms with van der Waals surface area (Å²) in [6.45, 7) is 9.54. The minimum absolute atomic E-state index is 0.0406. The van der Waals surface area contributed by atoms with Crippen molar-refractivity contribution in [2.24, 2.45) is 10.9 Å². The highest BCUT2D eigenvalue weighted by atomic mass is 15.2. The topological polar surface area (TPSA) is 152 Å². The van der Waals surface area contributed by atoms with Gasteiger partial charge in [-0.25, -0.2) is 9.98 Å². The number of pyridine rings is 1. The molecular formula is C24H29N9. The molecule has 170 valence electrons. The zero-order valence-electron chi connectivity index (χ0n) is 19.2. The standard InChI is InChI=1S/C24H29N9/c1-13-4-6-33(7-5-13)11-16-9-17(15(3)8-14(16)2)21-19-20(27)18(10-25)22(28)31-23(19)32-24(30-21)29-12-26/h8-9,13,21H,4-7,11H2,1-3H3,(H6,27,28,29,30,31,32). The number of hydrogen-bond acceptors (Lipinski definition) is 9. The Morgan fingerprint density at radius 2 is 1.91 bits per heavy atom. The summed E-state index contributed by atoms with van der Waals surface area (Å²) in [6, 6.07) is 5.86. The number of guanidine groups is 1. The predicted molar refractivity (Wildman–Crippen MR) is 129 cm³/mol. The van der Waals surface area contributed by atoms with E-state index in [1.165, 1.54) is 24.0 Å².